The molecule has 0 aromatic rings. The number of amides is 1. The Labute approximate surface area is 148 Å². The van der Waals surface area contributed by atoms with Crippen LogP contribution in [-0.2, 0) is 4.79 Å². The lowest BCUT2D eigenvalue weighted by atomic mass is 10.1. The summed E-state index contributed by atoms with van der Waals surface area (Å²) in [7, 11) is 0. The van der Waals surface area contributed by atoms with Gasteiger partial charge < -0.3 is 15.5 Å². The molecule has 0 radical (unpaired) electrons. The number of aliphatic hydroxyl groups excluding tert-OH is 2. The Morgan fingerprint density at radius 2 is 1.54 bits per heavy atom. The Morgan fingerprint density at radius 3 is 2.17 bits per heavy atom. The average molecular weight is 342 g/mol. The van der Waals surface area contributed by atoms with Crippen molar-refractivity contribution < 1.29 is 15.0 Å². The van der Waals surface area contributed by atoms with Crippen molar-refractivity contribution in [3.05, 3.63) is 12.2 Å². The molecule has 4 heteroatoms. The zero-order valence-electron chi connectivity index (χ0n) is 15.8. The molecule has 2 unspecified atom stereocenters. The molecule has 0 bridgehead atoms. The predicted molar refractivity (Wildman–Crippen MR) is 101 cm³/mol. The molecular weight excluding hydrogens is 302 g/mol. The SMILES string of the molecule is CCCCCCCC/C=C/C(O)C(CO)NC(=O)CCCCCC. The lowest BCUT2D eigenvalue weighted by Crippen LogP contribution is -2.45. The number of allylic oxidation sites excluding steroid dienone is 1. The Kier molecular flexibility index (Phi) is 16.4. The zero-order chi connectivity index (χ0) is 18.0. The van der Waals surface area contributed by atoms with Crippen molar-refractivity contribution in [2.45, 2.75) is 103 Å². The van der Waals surface area contributed by atoms with E-state index in [0.29, 0.717) is 6.42 Å². The summed E-state index contributed by atoms with van der Waals surface area (Å²) in [5, 5.41) is 22.2. The van der Waals surface area contributed by atoms with Crippen molar-refractivity contribution in [1.82, 2.24) is 5.32 Å². The van der Waals surface area contributed by atoms with Gasteiger partial charge >= 0.3 is 0 Å². The van der Waals surface area contributed by atoms with Crippen LogP contribution in [0.5, 0.6) is 0 Å². The van der Waals surface area contributed by atoms with Crippen molar-refractivity contribution >= 4 is 5.91 Å². The zero-order valence-corrected chi connectivity index (χ0v) is 15.8. The second-order valence-corrected chi connectivity index (χ2v) is 6.64. The molecule has 24 heavy (non-hydrogen) atoms. The highest BCUT2D eigenvalue weighted by Gasteiger charge is 2.17. The Morgan fingerprint density at radius 1 is 0.958 bits per heavy atom. The van der Waals surface area contributed by atoms with Crippen LogP contribution in [0.25, 0.3) is 0 Å². The third-order valence-corrected chi connectivity index (χ3v) is 4.27. The summed E-state index contributed by atoms with van der Waals surface area (Å²) < 4.78 is 0. The molecular formula is C20H39NO3. The van der Waals surface area contributed by atoms with Gasteiger partial charge in [-0.2, -0.15) is 0 Å². The van der Waals surface area contributed by atoms with E-state index in [1.54, 1.807) is 6.08 Å². The highest BCUT2D eigenvalue weighted by atomic mass is 16.3. The monoisotopic (exact) mass is 341 g/mol. The van der Waals surface area contributed by atoms with E-state index in [0.717, 1.165) is 38.5 Å². The van der Waals surface area contributed by atoms with Crippen LogP contribution in [0.2, 0.25) is 0 Å². The van der Waals surface area contributed by atoms with Crippen molar-refractivity contribution in [1.29, 1.82) is 0 Å². The maximum absolute atomic E-state index is 11.8. The van der Waals surface area contributed by atoms with E-state index in [1.165, 1.54) is 32.1 Å². The van der Waals surface area contributed by atoms with Crippen LogP contribution in [0.1, 0.15) is 90.9 Å². The minimum Gasteiger partial charge on any atom is -0.394 e. The van der Waals surface area contributed by atoms with Crippen molar-refractivity contribution in [3.8, 4) is 0 Å². The van der Waals surface area contributed by atoms with Gasteiger partial charge in [0.05, 0.1) is 18.8 Å². The summed E-state index contributed by atoms with van der Waals surface area (Å²) in [6.07, 6.45) is 15.9. The van der Waals surface area contributed by atoms with Crippen LogP contribution in [0.4, 0.5) is 0 Å². The number of hydrogen-bond acceptors (Lipinski definition) is 3. The first kappa shape index (κ1) is 23.1. The van der Waals surface area contributed by atoms with E-state index in [9.17, 15) is 15.0 Å². The fraction of sp³-hybridized carbons (Fsp3) is 0.850. The van der Waals surface area contributed by atoms with Crippen LogP contribution in [0.3, 0.4) is 0 Å². The van der Waals surface area contributed by atoms with Gasteiger partial charge in [-0.3, -0.25) is 4.79 Å². The minimum atomic E-state index is -0.824. The Bertz CT molecular complexity index is 318. The molecule has 0 saturated heterocycles. The third kappa shape index (κ3) is 13.6. The molecule has 0 aliphatic heterocycles. The lowest BCUT2D eigenvalue weighted by Gasteiger charge is -2.19. The van der Waals surface area contributed by atoms with Gasteiger partial charge in [0.2, 0.25) is 5.91 Å². The molecule has 1 amide bonds. The predicted octanol–water partition coefficient (Wildman–Crippen LogP) is 4.10. The summed E-state index contributed by atoms with van der Waals surface area (Å²) in [4.78, 5) is 11.8. The van der Waals surface area contributed by atoms with Crippen molar-refractivity contribution in [2.75, 3.05) is 6.61 Å². The first-order valence-electron chi connectivity index (χ1n) is 9.90. The molecule has 0 aliphatic rings. The molecule has 142 valence electrons. The van der Waals surface area contributed by atoms with Gasteiger partial charge in [-0.25, -0.2) is 0 Å². The molecule has 0 aliphatic carbocycles. The van der Waals surface area contributed by atoms with Crippen molar-refractivity contribution in [2.24, 2.45) is 0 Å². The molecule has 0 heterocycles. The van der Waals surface area contributed by atoms with E-state index in [2.05, 4.69) is 19.2 Å². The Hall–Kier alpha value is -0.870. The number of unbranched alkanes of at least 4 members (excludes halogenated alkanes) is 9. The van der Waals surface area contributed by atoms with Gasteiger partial charge in [-0.05, 0) is 19.3 Å². The number of aliphatic hydroxyl groups is 2. The fourth-order valence-electron chi connectivity index (χ4n) is 2.64. The lowest BCUT2D eigenvalue weighted by molar-refractivity contribution is -0.123. The smallest absolute Gasteiger partial charge is 0.220 e. The van der Waals surface area contributed by atoms with E-state index in [-0.39, 0.29) is 12.5 Å². The quantitative estimate of drug-likeness (QED) is 0.292. The number of hydrogen-bond donors (Lipinski definition) is 3. The number of nitrogens with one attached hydrogen (secondary N) is 1. The van der Waals surface area contributed by atoms with Crippen LogP contribution in [0, 0.1) is 0 Å². The van der Waals surface area contributed by atoms with E-state index in [4.69, 9.17) is 0 Å². The maximum atomic E-state index is 11.8. The Balaban J connectivity index is 3.87. The first-order valence-corrected chi connectivity index (χ1v) is 9.90. The van der Waals surface area contributed by atoms with Gasteiger partial charge in [0.1, 0.15) is 0 Å². The van der Waals surface area contributed by atoms with Gasteiger partial charge in [0.25, 0.3) is 0 Å². The van der Waals surface area contributed by atoms with Gasteiger partial charge in [0.15, 0.2) is 0 Å². The van der Waals surface area contributed by atoms with Crippen LogP contribution >= 0.6 is 0 Å². The van der Waals surface area contributed by atoms with E-state index >= 15 is 0 Å². The summed E-state index contributed by atoms with van der Waals surface area (Å²) in [5.41, 5.74) is 0. The topological polar surface area (TPSA) is 69.6 Å². The largest absolute Gasteiger partial charge is 0.394 e. The number of rotatable bonds is 16. The van der Waals surface area contributed by atoms with Crippen LogP contribution in [0.15, 0.2) is 12.2 Å². The van der Waals surface area contributed by atoms with Gasteiger partial charge in [-0.1, -0.05) is 77.4 Å². The van der Waals surface area contributed by atoms with Gasteiger partial charge in [0, 0.05) is 6.42 Å². The molecule has 4 nitrogen and oxygen atoms in total. The normalized spacial score (nSPS) is 14.0. The summed E-state index contributed by atoms with van der Waals surface area (Å²) >= 11 is 0. The first-order chi connectivity index (χ1) is 11.7. The molecule has 0 aromatic carbocycles. The fourth-order valence-corrected chi connectivity index (χ4v) is 2.64. The van der Waals surface area contributed by atoms with Crippen LogP contribution < -0.4 is 5.32 Å². The molecule has 0 saturated carbocycles. The number of carbonyl (C=O) groups is 1. The highest BCUT2D eigenvalue weighted by molar-refractivity contribution is 5.76. The molecule has 0 fully saturated rings. The maximum Gasteiger partial charge on any atom is 0.220 e. The summed E-state index contributed by atoms with van der Waals surface area (Å²) in [6.45, 7) is 4.10. The molecule has 3 N–H and O–H groups in total. The second-order valence-electron chi connectivity index (χ2n) is 6.64. The summed E-state index contributed by atoms with van der Waals surface area (Å²) in [6, 6.07) is -0.607. The summed E-state index contributed by atoms with van der Waals surface area (Å²) in [5.74, 6) is -0.0893. The average Bonchev–Trinajstić information content (AvgIpc) is 2.58. The van der Waals surface area contributed by atoms with Crippen LogP contribution in [-0.4, -0.2) is 34.9 Å². The molecule has 0 aromatic heterocycles. The molecule has 0 spiro atoms. The number of carbonyl (C=O) groups excluding carboxylic acids is 1. The standard InChI is InChI=1S/C20H39NO3/c1-3-5-7-9-10-11-12-13-15-19(23)18(17-22)21-20(24)16-14-8-6-4-2/h13,15,18-19,22-23H,3-12,14,16-17H2,1-2H3,(H,21,24)/b15-13+. The molecule has 0 rings (SSSR count). The highest BCUT2D eigenvalue weighted by Crippen LogP contribution is 2.08. The second kappa shape index (κ2) is 17.0. The van der Waals surface area contributed by atoms with Crippen molar-refractivity contribution in [3.63, 3.8) is 0 Å². The van der Waals surface area contributed by atoms with E-state index < -0.39 is 12.1 Å². The third-order valence-electron chi connectivity index (χ3n) is 4.27. The minimum absolute atomic E-state index is 0.0893. The van der Waals surface area contributed by atoms with E-state index in [1.807, 2.05) is 6.08 Å². The van der Waals surface area contributed by atoms with Gasteiger partial charge in [-0.15, -0.1) is 0 Å². The molecule has 2 atom stereocenters.